The predicted molar refractivity (Wildman–Crippen MR) is 80.7 cm³/mol. The Morgan fingerprint density at radius 2 is 2.05 bits per heavy atom. The SMILES string of the molecule is CCNC(Cc1c(Cl)c(CC)nn1C)C1CCCC1. The van der Waals surface area contributed by atoms with E-state index < -0.39 is 0 Å². The molecule has 4 heteroatoms. The molecule has 2 rings (SSSR count). The average Bonchev–Trinajstić information content (AvgIpc) is 3.01. The Balaban J connectivity index is 2.14. The van der Waals surface area contributed by atoms with Crippen molar-refractivity contribution in [3.05, 3.63) is 16.4 Å². The van der Waals surface area contributed by atoms with Crippen LogP contribution in [0, 0.1) is 5.92 Å². The van der Waals surface area contributed by atoms with Crippen molar-refractivity contribution in [1.82, 2.24) is 15.1 Å². The molecule has 1 saturated carbocycles. The fourth-order valence-electron chi connectivity index (χ4n) is 3.28. The zero-order valence-electron chi connectivity index (χ0n) is 12.4. The van der Waals surface area contributed by atoms with Crippen LogP contribution in [0.1, 0.15) is 50.9 Å². The number of aryl methyl sites for hydroxylation is 2. The van der Waals surface area contributed by atoms with E-state index in [-0.39, 0.29) is 0 Å². The summed E-state index contributed by atoms with van der Waals surface area (Å²) < 4.78 is 1.97. The van der Waals surface area contributed by atoms with Crippen LogP contribution in [0.2, 0.25) is 5.02 Å². The third-order valence-electron chi connectivity index (χ3n) is 4.35. The second-order valence-corrected chi connectivity index (χ2v) is 5.98. The van der Waals surface area contributed by atoms with Crippen molar-refractivity contribution in [2.75, 3.05) is 6.54 Å². The first-order valence-corrected chi connectivity index (χ1v) is 7.98. The highest BCUT2D eigenvalue weighted by molar-refractivity contribution is 6.31. The number of aromatic nitrogens is 2. The molecular weight excluding hydrogens is 258 g/mol. The van der Waals surface area contributed by atoms with Crippen molar-refractivity contribution in [2.24, 2.45) is 13.0 Å². The van der Waals surface area contributed by atoms with E-state index in [1.54, 1.807) is 0 Å². The van der Waals surface area contributed by atoms with Crippen molar-refractivity contribution < 1.29 is 0 Å². The summed E-state index contributed by atoms with van der Waals surface area (Å²) in [5.41, 5.74) is 2.22. The van der Waals surface area contributed by atoms with Gasteiger partial charge in [-0.3, -0.25) is 4.68 Å². The van der Waals surface area contributed by atoms with Crippen molar-refractivity contribution in [2.45, 2.75) is 58.4 Å². The van der Waals surface area contributed by atoms with Gasteiger partial charge in [-0.1, -0.05) is 38.3 Å². The minimum atomic E-state index is 0.546. The van der Waals surface area contributed by atoms with E-state index >= 15 is 0 Å². The lowest BCUT2D eigenvalue weighted by Crippen LogP contribution is -2.37. The maximum Gasteiger partial charge on any atom is 0.0850 e. The maximum atomic E-state index is 6.47. The number of nitrogens with one attached hydrogen (secondary N) is 1. The molecule has 0 bridgehead atoms. The van der Waals surface area contributed by atoms with Gasteiger partial charge in [-0.15, -0.1) is 0 Å². The Labute approximate surface area is 121 Å². The van der Waals surface area contributed by atoms with Gasteiger partial charge in [0.2, 0.25) is 0 Å². The van der Waals surface area contributed by atoms with Crippen LogP contribution in [0.15, 0.2) is 0 Å². The van der Waals surface area contributed by atoms with Gasteiger partial charge in [0.1, 0.15) is 0 Å². The lowest BCUT2D eigenvalue weighted by Gasteiger charge is -2.24. The fourth-order valence-corrected chi connectivity index (χ4v) is 3.65. The molecule has 1 aliphatic carbocycles. The molecular formula is C15H26ClN3. The van der Waals surface area contributed by atoms with Crippen LogP contribution in [-0.4, -0.2) is 22.4 Å². The summed E-state index contributed by atoms with van der Waals surface area (Å²) in [4.78, 5) is 0. The van der Waals surface area contributed by atoms with Crippen molar-refractivity contribution in [3.8, 4) is 0 Å². The van der Waals surface area contributed by atoms with E-state index in [1.807, 2.05) is 11.7 Å². The summed E-state index contributed by atoms with van der Waals surface area (Å²) in [6, 6.07) is 0.546. The molecule has 1 aromatic heterocycles. The molecule has 1 fully saturated rings. The number of likely N-dealkylation sites (N-methyl/N-ethyl adjacent to an activating group) is 1. The molecule has 108 valence electrons. The van der Waals surface area contributed by atoms with Gasteiger partial charge < -0.3 is 5.32 Å². The molecule has 1 N–H and O–H groups in total. The second kappa shape index (κ2) is 6.76. The predicted octanol–water partition coefficient (Wildman–Crippen LogP) is 3.35. The first-order valence-electron chi connectivity index (χ1n) is 7.61. The van der Waals surface area contributed by atoms with Gasteiger partial charge in [0, 0.05) is 19.5 Å². The Bertz CT molecular complexity index is 408. The van der Waals surface area contributed by atoms with Gasteiger partial charge in [-0.2, -0.15) is 5.10 Å². The zero-order chi connectivity index (χ0) is 13.8. The number of nitrogens with zero attached hydrogens (tertiary/aromatic N) is 2. The lowest BCUT2D eigenvalue weighted by atomic mass is 9.94. The summed E-state index contributed by atoms with van der Waals surface area (Å²) in [7, 11) is 2.01. The third kappa shape index (κ3) is 3.32. The smallest absolute Gasteiger partial charge is 0.0850 e. The van der Waals surface area contributed by atoms with E-state index in [0.29, 0.717) is 6.04 Å². The normalized spacial score (nSPS) is 18.1. The van der Waals surface area contributed by atoms with Crippen molar-refractivity contribution in [1.29, 1.82) is 0 Å². The van der Waals surface area contributed by atoms with Crippen LogP contribution < -0.4 is 5.32 Å². The average molecular weight is 284 g/mol. The topological polar surface area (TPSA) is 29.9 Å². The maximum absolute atomic E-state index is 6.47. The molecule has 1 atom stereocenters. The van der Waals surface area contributed by atoms with Gasteiger partial charge >= 0.3 is 0 Å². The van der Waals surface area contributed by atoms with E-state index in [1.165, 1.54) is 31.4 Å². The van der Waals surface area contributed by atoms with Crippen molar-refractivity contribution in [3.63, 3.8) is 0 Å². The Hall–Kier alpha value is -0.540. The molecule has 0 radical (unpaired) electrons. The molecule has 0 aromatic carbocycles. The highest BCUT2D eigenvalue weighted by Gasteiger charge is 2.26. The first-order chi connectivity index (χ1) is 9.17. The summed E-state index contributed by atoms with van der Waals surface area (Å²) in [6.45, 7) is 5.32. The Kier molecular flexibility index (Phi) is 5.28. The van der Waals surface area contributed by atoms with E-state index in [2.05, 4.69) is 24.3 Å². The van der Waals surface area contributed by atoms with E-state index in [9.17, 15) is 0 Å². The highest BCUT2D eigenvalue weighted by atomic mass is 35.5. The van der Waals surface area contributed by atoms with Crippen LogP contribution in [0.3, 0.4) is 0 Å². The lowest BCUT2D eigenvalue weighted by molar-refractivity contribution is 0.356. The second-order valence-electron chi connectivity index (χ2n) is 5.60. The Morgan fingerprint density at radius 1 is 1.37 bits per heavy atom. The molecule has 1 aromatic rings. The van der Waals surface area contributed by atoms with E-state index in [0.717, 1.165) is 36.0 Å². The largest absolute Gasteiger partial charge is 0.314 e. The van der Waals surface area contributed by atoms with Crippen LogP contribution in [0.25, 0.3) is 0 Å². The summed E-state index contributed by atoms with van der Waals surface area (Å²) in [6.07, 6.45) is 7.38. The van der Waals surface area contributed by atoms with Crippen LogP contribution in [0.4, 0.5) is 0 Å². The molecule has 0 amide bonds. The molecule has 3 nitrogen and oxygen atoms in total. The van der Waals surface area contributed by atoms with Gasteiger partial charge in [0.15, 0.2) is 0 Å². The van der Waals surface area contributed by atoms with Gasteiger partial charge in [-0.05, 0) is 31.7 Å². The monoisotopic (exact) mass is 283 g/mol. The summed E-state index contributed by atoms with van der Waals surface area (Å²) >= 11 is 6.47. The van der Waals surface area contributed by atoms with Gasteiger partial charge in [0.05, 0.1) is 16.4 Å². The molecule has 0 aliphatic heterocycles. The minimum Gasteiger partial charge on any atom is -0.314 e. The number of rotatable bonds is 6. The van der Waals surface area contributed by atoms with E-state index in [4.69, 9.17) is 11.6 Å². The number of halogens is 1. The van der Waals surface area contributed by atoms with Crippen LogP contribution in [-0.2, 0) is 19.9 Å². The number of hydrogen-bond acceptors (Lipinski definition) is 2. The minimum absolute atomic E-state index is 0.546. The van der Waals surface area contributed by atoms with Crippen LogP contribution in [0.5, 0.6) is 0 Å². The molecule has 19 heavy (non-hydrogen) atoms. The summed E-state index contributed by atoms with van der Waals surface area (Å²) in [5.74, 6) is 0.802. The third-order valence-corrected chi connectivity index (χ3v) is 4.79. The van der Waals surface area contributed by atoms with Crippen LogP contribution >= 0.6 is 11.6 Å². The zero-order valence-corrected chi connectivity index (χ0v) is 13.1. The molecule has 1 unspecified atom stereocenters. The fraction of sp³-hybridized carbons (Fsp3) is 0.800. The molecule has 1 heterocycles. The van der Waals surface area contributed by atoms with Gasteiger partial charge in [-0.25, -0.2) is 0 Å². The standard InChI is InChI=1S/C15H26ClN3/c1-4-12-15(16)14(19(3)18-12)10-13(17-5-2)11-8-6-7-9-11/h11,13,17H,4-10H2,1-3H3. The number of hydrogen-bond donors (Lipinski definition) is 1. The first kappa shape index (κ1) is 14.9. The molecule has 0 saturated heterocycles. The highest BCUT2D eigenvalue weighted by Crippen LogP contribution is 2.31. The van der Waals surface area contributed by atoms with Gasteiger partial charge in [0.25, 0.3) is 0 Å². The molecule has 1 aliphatic rings. The molecule has 0 spiro atoms. The summed E-state index contributed by atoms with van der Waals surface area (Å²) in [5, 5.41) is 9.06. The Morgan fingerprint density at radius 3 is 2.58 bits per heavy atom. The quantitative estimate of drug-likeness (QED) is 0.868. The van der Waals surface area contributed by atoms with Crippen molar-refractivity contribution >= 4 is 11.6 Å².